The Kier molecular flexibility index (Phi) is 7.99. The van der Waals surface area contributed by atoms with Crippen molar-refractivity contribution in [1.29, 1.82) is 0 Å². The van der Waals surface area contributed by atoms with Crippen molar-refractivity contribution in [2.24, 2.45) is 4.99 Å². The van der Waals surface area contributed by atoms with Crippen molar-refractivity contribution in [3.05, 3.63) is 90.3 Å². The Morgan fingerprint density at radius 2 is 1.78 bits per heavy atom. The number of guanidine groups is 1. The van der Waals surface area contributed by atoms with E-state index in [0.29, 0.717) is 30.2 Å². The van der Waals surface area contributed by atoms with Gasteiger partial charge in [0, 0.05) is 12.1 Å². The van der Waals surface area contributed by atoms with E-state index in [9.17, 15) is 23.1 Å². The van der Waals surface area contributed by atoms with E-state index in [-0.39, 0.29) is 24.2 Å². The predicted molar refractivity (Wildman–Crippen MR) is 145 cm³/mol. The summed E-state index contributed by atoms with van der Waals surface area (Å²) in [7, 11) is 0. The molecular weight excluding hydrogens is 539 g/mol. The summed E-state index contributed by atoms with van der Waals surface area (Å²) in [6, 6.07) is 20.3. The second-order valence-corrected chi connectivity index (χ2v) is 9.16. The van der Waals surface area contributed by atoms with Gasteiger partial charge in [-0.1, -0.05) is 42.5 Å². The van der Waals surface area contributed by atoms with Crippen LogP contribution in [0.3, 0.4) is 0 Å². The third-order valence-corrected chi connectivity index (χ3v) is 6.24. The topological polar surface area (TPSA) is 117 Å². The molecule has 4 aromatic rings. The molecule has 5 rings (SSSR count). The number of aromatic nitrogens is 3. The van der Waals surface area contributed by atoms with E-state index in [1.54, 1.807) is 0 Å². The first-order chi connectivity index (χ1) is 19.7. The van der Waals surface area contributed by atoms with Gasteiger partial charge in [0.2, 0.25) is 5.96 Å². The molecule has 0 saturated carbocycles. The van der Waals surface area contributed by atoms with Crippen molar-refractivity contribution in [2.45, 2.75) is 26.1 Å². The monoisotopic (exact) mass is 565 g/mol. The number of nitrogens with zero attached hydrogens (tertiary/aromatic N) is 5. The van der Waals surface area contributed by atoms with E-state index in [4.69, 9.17) is 0 Å². The van der Waals surface area contributed by atoms with Crippen LogP contribution in [0.15, 0.2) is 84.1 Å². The van der Waals surface area contributed by atoms with E-state index in [1.807, 2.05) is 55.5 Å². The van der Waals surface area contributed by atoms with Crippen LogP contribution in [0, 0.1) is 6.92 Å². The molecule has 0 saturated heterocycles. The molecule has 0 spiro atoms. The summed E-state index contributed by atoms with van der Waals surface area (Å²) in [6.07, 6.45) is -3.78. The summed E-state index contributed by atoms with van der Waals surface area (Å²) < 4.78 is 42.5. The maximum absolute atomic E-state index is 12.4. The number of aliphatic hydroxyl groups excluding tert-OH is 1. The molecule has 3 N–H and O–H groups in total. The van der Waals surface area contributed by atoms with Crippen LogP contribution in [-0.2, 0) is 11.2 Å². The number of benzene rings is 3. The number of alkyl halides is 3. The number of hydrogen-bond donors (Lipinski definition) is 3. The highest BCUT2D eigenvalue weighted by molar-refractivity contribution is 6.21. The highest BCUT2D eigenvalue weighted by Gasteiger charge is 2.31. The minimum atomic E-state index is -4.75. The molecule has 41 heavy (non-hydrogen) atoms. The first-order valence-corrected chi connectivity index (χ1v) is 12.6. The molecule has 1 atom stereocenters. The van der Waals surface area contributed by atoms with E-state index < -0.39 is 12.7 Å². The number of carbonyl (C=O) groups excluding carboxylic acids is 1. The van der Waals surface area contributed by atoms with Crippen LogP contribution in [0.1, 0.15) is 11.1 Å². The van der Waals surface area contributed by atoms with Crippen molar-refractivity contribution in [2.75, 3.05) is 18.0 Å². The van der Waals surface area contributed by atoms with Gasteiger partial charge in [0.25, 0.3) is 5.91 Å². The van der Waals surface area contributed by atoms with Gasteiger partial charge in [0.05, 0.1) is 11.4 Å². The SMILES string of the molecule is Cc1ccccc1N1C(=O)CN=C1NC(O)NCCc1ccc(-c2ncn(-c3ccc(OC(F)(F)F)cc3)n2)cc1. The molecule has 1 aromatic heterocycles. The number of ether oxygens (including phenoxy) is 1. The zero-order valence-corrected chi connectivity index (χ0v) is 21.8. The third-order valence-electron chi connectivity index (χ3n) is 6.24. The van der Waals surface area contributed by atoms with Gasteiger partial charge in [-0.05, 0) is 54.8 Å². The molecule has 1 unspecified atom stereocenters. The van der Waals surface area contributed by atoms with Crippen molar-refractivity contribution in [1.82, 2.24) is 25.4 Å². The molecule has 13 heteroatoms. The van der Waals surface area contributed by atoms with Crippen LogP contribution < -0.4 is 20.3 Å². The van der Waals surface area contributed by atoms with Crippen LogP contribution in [0.25, 0.3) is 17.1 Å². The maximum atomic E-state index is 12.4. The minimum Gasteiger partial charge on any atom is -0.406 e. The largest absolute Gasteiger partial charge is 0.573 e. The second-order valence-electron chi connectivity index (χ2n) is 9.16. The Hall–Kier alpha value is -4.75. The van der Waals surface area contributed by atoms with Gasteiger partial charge >= 0.3 is 6.36 Å². The molecule has 1 aliphatic rings. The summed E-state index contributed by atoms with van der Waals surface area (Å²) in [4.78, 5) is 22.4. The van der Waals surface area contributed by atoms with Crippen LogP contribution in [0.5, 0.6) is 5.75 Å². The number of aryl methyl sites for hydroxylation is 1. The lowest BCUT2D eigenvalue weighted by atomic mass is 10.1. The normalized spacial score (nSPS) is 14.2. The zero-order valence-electron chi connectivity index (χ0n) is 21.8. The van der Waals surface area contributed by atoms with Gasteiger partial charge in [-0.25, -0.2) is 19.6 Å². The first kappa shape index (κ1) is 27.8. The molecule has 3 aromatic carbocycles. The fourth-order valence-corrected chi connectivity index (χ4v) is 4.24. The van der Waals surface area contributed by atoms with Crippen molar-refractivity contribution in [3.63, 3.8) is 0 Å². The molecule has 0 radical (unpaired) electrons. The van der Waals surface area contributed by atoms with Crippen LogP contribution in [0.2, 0.25) is 0 Å². The number of aliphatic hydroxyl groups is 1. The summed E-state index contributed by atoms with van der Waals surface area (Å²) >= 11 is 0. The Morgan fingerprint density at radius 3 is 2.49 bits per heavy atom. The fourth-order valence-electron chi connectivity index (χ4n) is 4.24. The second kappa shape index (κ2) is 11.8. The standard InChI is InChI=1S/C28H26F3N7O3/c1-18-4-2-3-5-23(18)38-24(39)16-33-26(38)35-27(40)32-15-14-19-6-8-20(9-7-19)25-34-17-37(36-25)21-10-12-22(13-11-21)41-28(29,30)31/h2-13,17,27,32,40H,14-16H2,1H3,(H,33,35). The lowest BCUT2D eigenvalue weighted by molar-refractivity contribution is -0.274. The molecular formula is C28H26F3N7O3. The van der Waals surface area contributed by atoms with E-state index in [0.717, 1.165) is 16.7 Å². The Morgan fingerprint density at radius 1 is 1.05 bits per heavy atom. The minimum absolute atomic E-state index is 0.00598. The molecule has 10 nitrogen and oxygen atoms in total. The van der Waals surface area contributed by atoms with Gasteiger partial charge < -0.3 is 15.2 Å². The average molecular weight is 566 g/mol. The third kappa shape index (κ3) is 6.88. The van der Waals surface area contributed by atoms with Gasteiger partial charge in [-0.3, -0.25) is 10.1 Å². The number of aliphatic imine (C=N–C) groups is 1. The van der Waals surface area contributed by atoms with Crippen molar-refractivity contribution in [3.8, 4) is 22.8 Å². The number of amides is 1. The summed E-state index contributed by atoms with van der Waals surface area (Å²) in [5, 5.41) is 20.7. The Balaban J connectivity index is 1.12. The van der Waals surface area contributed by atoms with E-state index in [1.165, 1.54) is 40.2 Å². The van der Waals surface area contributed by atoms with Gasteiger partial charge in [-0.2, -0.15) is 0 Å². The van der Waals surface area contributed by atoms with Crippen LogP contribution >= 0.6 is 0 Å². The summed E-state index contributed by atoms with van der Waals surface area (Å²) in [5.74, 6) is 0.240. The van der Waals surface area contributed by atoms with Gasteiger partial charge in [0.15, 0.2) is 12.2 Å². The van der Waals surface area contributed by atoms with Gasteiger partial charge in [-0.15, -0.1) is 18.3 Å². The lowest BCUT2D eigenvalue weighted by Gasteiger charge is -2.23. The van der Waals surface area contributed by atoms with Gasteiger partial charge in [0.1, 0.15) is 18.6 Å². The number of carbonyl (C=O) groups is 1. The number of anilines is 1. The van der Waals surface area contributed by atoms with E-state index in [2.05, 4.69) is 30.4 Å². The molecule has 0 fully saturated rings. The number of nitrogens with one attached hydrogen (secondary N) is 2. The fraction of sp³-hybridized carbons (Fsp3) is 0.214. The number of halogens is 3. The molecule has 1 aliphatic heterocycles. The number of para-hydroxylation sites is 1. The Bertz CT molecular complexity index is 1540. The van der Waals surface area contributed by atoms with E-state index >= 15 is 0 Å². The maximum Gasteiger partial charge on any atom is 0.573 e. The molecule has 0 aliphatic carbocycles. The smallest absolute Gasteiger partial charge is 0.406 e. The number of rotatable bonds is 9. The Labute approximate surface area is 233 Å². The number of hydrogen-bond acceptors (Lipinski definition) is 8. The summed E-state index contributed by atoms with van der Waals surface area (Å²) in [5.41, 5.74) is 3.92. The quantitative estimate of drug-likeness (QED) is 0.266. The average Bonchev–Trinajstić information content (AvgIpc) is 3.56. The van der Waals surface area contributed by atoms with Crippen LogP contribution in [-0.4, -0.2) is 57.5 Å². The molecule has 212 valence electrons. The highest BCUT2D eigenvalue weighted by Crippen LogP contribution is 2.24. The molecule has 0 bridgehead atoms. The van der Waals surface area contributed by atoms with Crippen molar-refractivity contribution >= 4 is 17.6 Å². The predicted octanol–water partition coefficient (Wildman–Crippen LogP) is 3.54. The van der Waals surface area contributed by atoms with Crippen LogP contribution in [0.4, 0.5) is 18.9 Å². The van der Waals surface area contributed by atoms with Crippen molar-refractivity contribution < 1.29 is 27.8 Å². The highest BCUT2D eigenvalue weighted by atomic mass is 19.4. The lowest BCUT2D eigenvalue weighted by Crippen LogP contribution is -2.51. The molecule has 2 heterocycles. The summed E-state index contributed by atoms with van der Waals surface area (Å²) in [6.45, 7) is 2.35. The first-order valence-electron chi connectivity index (χ1n) is 12.6. The zero-order chi connectivity index (χ0) is 29.0. The molecule has 1 amide bonds.